The van der Waals surface area contributed by atoms with Crippen LogP contribution in [0.4, 0.5) is 10.5 Å². The molecule has 0 spiro atoms. The molecule has 1 heterocycles. The quantitative estimate of drug-likeness (QED) is 0.701. The molecule has 0 aromatic heterocycles. The first-order valence-electron chi connectivity index (χ1n) is 6.64. The predicted octanol–water partition coefficient (Wildman–Crippen LogP) is 2.64. The third kappa shape index (κ3) is 3.72. The SMILES string of the molecule is O=C(NNC(=O)c1ccc(Br)cc1)Nc1ccc2c(c1)OCO2. The van der Waals surface area contributed by atoms with E-state index in [4.69, 9.17) is 9.47 Å². The molecule has 1 aliphatic rings. The van der Waals surface area contributed by atoms with Crippen molar-refractivity contribution in [1.82, 2.24) is 10.9 Å². The normalized spacial score (nSPS) is 11.7. The van der Waals surface area contributed by atoms with Gasteiger partial charge in [-0.1, -0.05) is 15.9 Å². The van der Waals surface area contributed by atoms with Crippen molar-refractivity contribution in [2.75, 3.05) is 12.1 Å². The highest BCUT2D eigenvalue weighted by molar-refractivity contribution is 9.10. The number of anilines is 1. The Hall–Kier alpha value is -2.74. The summed E-state index contributed by atoms with van der Waals surface area (Å²) in [6.07, 6.45) is 0. The van der Waals surface area contributed by atoms with Crippen LogP contribution in [0.3, 0.4) is 0 Å². The van der Waals surface area contributed by atoms with E-state index in [2.05, 4.69) is 32.1 Å². The summed E-state index contributed by atoms with van der Waals surface area (Å²) in [5.41, 5.74) is 5.54. The molecule has 0 aliphatic carbocycles. The number of carbonyl (C=O) groups is 2. The molecule has 3 N–H and O–H groups in total. The van der Waals surface area contributed by atoms with E-state index < -0.39 is 11.9 Å². The summed E-state index contributed by atoms with van der Waals surface area (Å²) in [4.78, 5) is 23.6. The maximum atomic E-state index is 11.9. The van der Waals surface area contributed by atoms with Crippen LogP contribution in [0.25, 0.3) is 0 Å². The lowest BCUT2D eigenvalue weighted by Crippen LogP contribution is -2.43. The zero-order chi connectivity index (χ0) is 16.2. The van der Waals surface area contributed by atoms with Crippen molar-refractivity contribution in [2.45, 2.75) is 0 Å². The van der Waals surface area contributed by atoms with Gasteiger partial charge >= 0.3 is 6.03 Å². The van der Waals surface area contributed by atoms with Crippen LogP contribution in [0, 0.1) is 0 Å². The fraction of sp³-hybridized carbons (Fsp3) is 0.0667. The third-order valence-electron chi connectivity index (χ3n) is 3.03. The molecule has 0 saturated heterocycles. The van der Waals surface area contributed by atoms with Crippen LogP contribution >= 0.6 is 15.9 Å². The van der Waals surface area contributed by atoms with Gasteiger partial charge in [0.1, 0.15) is 0 Å². The van der Waals surface area contributed by atoms with Crippen molar-refractivity contribution in [3.63, 3.8) is 0 Å². The number of fused-ring (bicyclic) bond motifs is 1. The van der Waals surface area contributed by atoms with Gasteiger partial charge in [0.2, 0.25) is 6.79 Å². The zero-order valence-corrected chi connectivity index (χ0v) is 13.3. The molecule has 0 fully saturated rings. The molecule has 8 heteroatoms. The third-order valence-corrected chi connectivity index (χ3v) is 3.56. The van der Waals surface area contributed by atoms with Crippen LogP contribution in [0.15, 0.2) is 46.9 Å². The number of hydrogen-bond acceptors (Lipinski definition) is 4. The van der Waals surface area contributed by atoms with Crippen LogP contribution in [0.2, 0.25) is 0 Å². The Morgan fingerprint density at radius 1 is 0.957 bits per heavy atom. The summed E-state index contributed by atoms with van der Waals surface area (Å²) in [7, 11) is 0. The van der Waals surface area contributed by atoms with Gasteiger partial charge in [-0.25, -0.2) is 10.2 Å². The summed E-state index contributed by atoms with van der Waals surface area (Å²) in [6.45, 7) is 0.161. The minimum absolute atomic E-state index is 0.161. The van der Waals surface area contributed by atoms with E-state index in [0.717, 1.165) is 4.47 Å². The van der Waals surface area contributed by atoms with E-state index in [1.54, 1.807) is 42.5 Å². The van der Waals surface area contributed by atoms with Crippen LogP contribution in [0.5, 0.6) is 11.5 Å². The van der Waals surface area contributed by atoms with Crippen molar-refractivity contribution >= 4 is 33.6 Å². The van der Waals surface area contributed by atoms with Crippen LogP contribution in [0.1, 0.15) is 10.4 Å². The Balaban J connectivity index is 1.53. The largest absolute Gasteiger partial charge is 0.454 e. The minimum atomic E-state index is -0.575. The van der Waals surface area contributed by atoms with Gasteiger partial charge in [0.05, 0.1) is 0 Å². The molecule has 1 aliphatic heterocycles. The molecular weight excluding hydrogens is 366 g/mol. The maximum absolute atomic E-state index is 11.9. The summed E-state index contributed by atoms with van der Waals surface area (Å²) >= 11 is 3.28. The average molecular weight is 378 g/mol. The van der Waals surface area contributed by atoms with Crippen LogP contribution in [-0.4, -0.2) is 18.7 Å². The Morgan fingerprint density at radius 3 is 2.48 bits per heavy atom. The van der Waals surface area contributed by atoms with E-state index >= 15 is 0 Å². The Labute approximate surface area is 140 Å². The standard InChI is InChI=1S/C15H12BrN3O4/c16-10-3-1-9(2-4-10)14(20)18-19-15(21)17-11-5-6-12-13(7-11)23-8-22-12/h1-7H,8H2,(H,18,20)(H2,17,19,21). The predicted molar refractivity (Wildman–Crippen MR) is 86.3 cm³/mol. The van der Waals surface area contributed by atoms with Gasteiger partial charge in [0.25, 0.3) is 5.91 Å². The van der Waals surface area contributed by atoms with E-state index in [1.807, 2.05) is 0 Å². The lowest BCUT2D eigenvalue weighted by Gasteiger charge is -2.09. The smallest absolute Gasteiger partial charge is 0.337 e. The molecule has 0 unspecified atom stereocenters. The Morgan fingerprint density at radius 2 is 1.70 bits per heavy atom. The van der Waals surface area contributed by atoms with Crippen molar-refractivity contribution in [1.29, 1.82) is 0 Å². The fourth-order valence-corrected chi connectivity index (χ4v) is 2.19. The lowest BCUT2D eigenvalue weighted by molar-refractivity contribution is 0.0938. The number of nitrogens with one attached hydrogen (secondary N) is 3. The van der Waals surface area contributed by atoms with Gasteiger partial charge in [0.15, 0.2) is 11.5 Å². The molecule has 0 radical (unpaired) electrons. The molecule has 0 atom stereocenters. The number of amides is 3. The second-order valence-electron chi connectivity index (χ2n) is 4.61. The average Bonchev–Trinajstić information content (AvgIpc) is 3.01. The Kier molecular flexibility index (Phi) is 4.33. The first-order chi connectivity index (χ1) is 11.1. The first kappa shape index (κ1) is 15.2. The number of halogens is 1. The summed E-state index contributed by atoms with van der Waals surface area (Å²) in [5, 5.41) is 2.58. The second-order valence-corrected chi connectivity index (χ2v) is 5.52. The summed E-state index contributed by atoms with van der Waals surface area (Å²) < 4.78 is 11.3. The summed E-state index contributed by atoms with van der Waals surface area (Å²) in [5.74, 6) is 0.763. The molecule has 23 heavy (non-hydrogen) atoms. The van der Waals surface area contributed by atoms with Crippen molar-refractivity contribution in [2.24, 2.45) is 0 Å². The monoisotopic (exact) mass is 377 g/mol. The molecule has 118 valence electrons. The van der Waals surface area contributed by atoms with Gasteiger partial charge in [0, 0.05) is 21.8 Å². The van der Waals surface area contributed by atoms with Crippen LogP contribution < -0.4 is 25.6 Å². The van der Waals surface area contributed by atoms with Crippen molar-refractivity contribution in [3.05, 3.63) is 52.5 Å². The molecular formula is C15H12BrN3O4. The van der Waals surface area contributed by atoms with Gasteiger partial charge < -0.3 is 14.8 Å². The van der Waals surface area contributed by atoms with E-state index in [-0.39, 0.29) is 6.79 Å². The van der Waals surface area contributed by atoms with Crippen molar-refractivity contribution < 1.29 is 19.1 Å². The van der Waals surface area contributed by atoms with Gasteiger partial charge in [-0.15, -0.1) is 0 Å². The van der Waals surface area contributed by atoms with Crippen LogP contribution in [-0.2, 0) is 0 Å². The molecule has 2 aromatic carbocycles. The van der Waals surface area contributed by atoms with E-state index in [0.29, 0.717) is 22.7 Å². The molecule has 0 bridgehead atoms. The van der Waals surface area contributed by atoms with Crippen molar-refractivity contribution in [3.8, 4) is 11.5 Å². The minimum Gasteiger partial charge on any atom is -0.454 e. The second kappa shape index (κ2) is 6.57. The first-order valence-corrected chi connectivity index (χ1v) is 7.44. The number of hydrogen-bond donors (Lipinski definition) is 3. The topological polar surface area (TPSA) is 88.7 Å². The Bertz CT molecular complexity index is 749. The number of rotatable bonds is 2. The van der Waals surface area contributed by atoms with Gasteiger partial charge in [-0.05, 0) is 36.4 Å². The number of hydrazine groups is 1. The highest BCUT2D eigenvalue weighted by atomic mass is 79.9. The summed E-state index contributed by atoms with van der Waals surface area (Å²) in [6, 6.07) is 11.2. The van der Waals surface area contributed by atoms with E-state index in [9.17, 15) is 9.59 Å². The lowest BCUT2D eigenvalue weighted by atomic mass is 10.2. The maximum Gasteiger partial charge on any atom is 0.337 e. The molecule has 2 aromatic rings. The van der Waals surface area contributed by atoms with Gasteiger partial charge in [-0.2, -0.15) is 0 Å². The molecule has 3 amide bonds. The molecule has 7 nitrogen and oxygen atoms in total. The zero-order valence-electron chi connectivity index (χ0n) is 11.8. The number of benzene rings is 2. The molecule has 0 saturated carbocycles. The van der Waals surface area contributed by atoms with Gasteiger partial charge in [-0.3, -0.25) is 10.2 Å². The molecule has 3 rings (SSSR count). The number of urea groups is 1. The highest BCUT2D eigenvalue weighted by Crippen LogP contribution is 2.34. The number of carbonyl (C=O) groups excluding carboxylic acids is 2. The number of ether oxygens (including phenoxy) is 2. The highest BCUT2D eigenvalue weighted by Gasteiger charge is 2.14. The van der Waals surface area contributed by atoms with E-state index in [1.165, 1.54) is 0 Å². The fourth-order valence-electron chi connectivity index (χ4n) is 1.92.